The van der Waals surface area contributed by atoms with Crippen LogP contribution in [-0.4, -0.2) is 21.9 Å². The molecule has 138 valence electrons. The monoisotopic (exact) mass is 354 g/mol. The van der Waals surface area contributed by atoms with Gasteiger partial charge >= 0.3 is 0 Å². The lowest BCUT2D eigenvalue weighted by Gasteiger charge is -2.29. The SMILES string of the molecule is C=CCN(Cc1cccn1Cc1ccc(F)cc1)C(=O)C1CCCCC1. The fourth-order valence-electron chi connectivity index (χ4n) is 3.73. The van der Waals surface area contributed by atoms with Crippen LogP contribution >= 0.6 is 0 Å². The summed E-state index contributed by atoms with van der Waals surface area (Å²) >= 11 is 0. The van der Waals surface area contributed by atoms with Crippen LogP contribution in [0.5, 0.6) is 0 Å². The molecule has 3 rings (SSSR count). The van der Waals surface area contributed by atoms with Gasteiger partial charge in [0.15, 0.2) is 0 Å². The molecule has 0 atom stereocenters. The maximum atomic E-state index is 13.1. The minimum absolute atomic E-state index is 0.157. The van der Waals surface area contributed by atoms with Crippen molar-refractivity contribution in [3.63, 3.8) is 0 Å². The van der Waals surface area contributed by atoms with Crippen molar-refractivity contribution in [3.05, 3.63) is 72.3 Å². The molecule has 0 saturated heterocycles. The molecule has 0 N–H and O–H groups in total. The summed E-state index contributed by atoms with van der Waals surface area (Å²) in [5.74, 6) is 0.181. The van der Waals surface area contributed by atoms with Gasteiger partial charge in [0.25, 0.3) is 0 Å². The van der Waals surface area contributed by atoms with Crippen LogP contribution in [0, 0.1) is 11.7 Å². The zero-order valence-corrected chi connectivity index (χ0v) is 15.2. The lowest BCUT2D eigenvalue weighted by atomic mass is 9.88. The molecule has 2 aromatic rings. The van der Waals surface area contributed by atoms with E-state index >= 15 is 0 Å². The molecule has 0 radical (unpaired) electrons. The molecule has 1 aromatic carbocycles. The second kappa shape index (κ2) is 8.84. The third kappa shape index (κ3) is 4.63. The summed E-state index contributed by atoms with van der Waals surface area (Å²) in [7, 11) is 0. The summed E-state index contributed by atoms with van der Waals surface area (Å²) in [5.41, 5.74) is 2.12. The van der Waals surface area contributed by atoms with Crippen molar-refractivity contribution < 1.29 is 9.18 Å². The van der Waals surface area contributed by atoms with E-state index in [9.17, 15) is 9.18 Å². The van der Waals surface area contributed by atoms with Gasteiger partial charge in [0.2, 0.25) is 5.91 Å². The highest BCUT2D eigenvalue weighted by Gasteiger charge is 2.25. The minimum Gasteiger partial charge on any atom is -0.345 e. The smallest absolute Gasteiger partial charge is 0.226 e. The average molecular weight is 354 g/mol. The second-order valence-corrected chi connectivity index (χ2v) is 7.10. The number of carbonyl (C=O) groups is 1. The molecule has 0 bridgehead atoms. The van der Waals surface area contributed by atoms with E-state index in [1.54, 1.807) is 18.2 Å². The van der Waals surface area contributed by atoms with Gasteiger partial charge in [-0.2, -0.15) is 0 Å². The van der Waals surface area contributed by atoms with E-state index in [1.165, 1.54) is 18.6 Å². The molecule has 1 heterocycles. The molecule has 1 aliphatic carbocycles. The standard InChI is InChI=1S/C22H27FN2O/c1-2-14-25(22(26)19-7-4-3-5-8-19)17-21-9-6-15-24(21)16-18-10-12-20(23)13-11-18/h2,6,9-13,15,19H,1,3-5,7-8,14,16-17H2. The number of hydrogen-bond donors (Lipinski definition) is 0. The molecular weight excluding hydrogens is 327 g/mol. The number of hydrogen-bond acceptors (Lipinski definition) is 1. The third-order valence-electron chi connectivity index (χ3n) is 5.16. The van der Waals surface area contributed by atoms with Gasteiger partial charge in [0.1, 0.15) is 5.82 Å². The lowest BCUT2D eigenvalue weighted by Crippen LogP contribution is -2.37. The Morgan fingerprint density at radius 3 is 2.62 bits per heavy atom. The summed E-state index contributed by atoms with van der Waals surface area (Å²) in [6, 6.07) is 10.6. The predicted molar refractivity (Wildman–Crippen MR) is 102 cm³/mol. The summed E-state index contributed by atoms with van der Waals surface area (Å²) in [4.78, 5) is 14.9. The fraction of sp³-hybridized carbons (Fsp3) is 0.409. The first kappa shape index (κ1) is 18.4. The lowest BCUT2D eigenvalue weighted by molar-refractivity contribution is -0.136. The third-order valence-corrected chi connectivity index (χ3v) is 5.16. The number of halogens is 1. The first-order chi connectivity index (χ1) is 12.7. The highest BCUT2D eigenvalue weighted by atomic mass is 19.1. The van der Waals surface area contributed by atoms with Crippen LogP contribution in [0.1, 0.15) is 43.4 Å². The quantitative estimate of drug-likeness (QED) is 0.658. The highest BCUT2D eigenvalue weighted by molar-refractivity contribution is 5.79. The molecule has 1 aromatic heterocycles. The Morgan fingerprint density at radius 2 is 1.92 bits per heavy atom. The minimum atomic E-state index is -0.225. The normalized spacial score (nSPS) is 15.0. The molecular formula is C22H27FN2O. The number of aromatic nitrogens is 1. The van der Waals surface area contributed by atoms with Gasteiger partial charge in [-0.25, -0.2) is 4.39 Å². The highest BCUT2D eigenvalue weighted by Crippen LogP contribution is 2.26. The van der Waals surface area contributed by atoms with E-state index in [-0.39, 0.29) is 17.6 Å². The second-order valence-electron chi connectivity index (χ2n) is 7.10. The number of amides is 1. The fourth-order valence-corrected chi connectivity index (χ4v) is 3.73. The van der Waals surface area contributed by atoms with Crippen molar-refractivity contribution >= 4 is 5.91 Å². The van der Waals surface area contributed by atoms with E-state index in [4.69, 9.17) is 0 Å². The van der Waals surface area contributed by atoms with Gasteiger partial charge in [-0.05, 0) is 42.7 Å². The predicted octanol–water partition coefficient (Wildman–Crippen LogP) is 4.77. The van der Waals surface area contributed by atoms with Gasteiger partial charge in [-0.3, -0.25) is 4.79 Å². The summed E-state index contributed by atoms with van der Waals surface area (Å²) < 4.78 is 15.2. The molecule has 0 unspecified atom stereocenters. The van der Waals surface area contributed by atoms with Crippen molar-refractivity contribution in [2.75, 3.05) is 6.54 Å². The van der Waals surface area contributed by atoms with Gasteiger partial charge in [0, 0.05) is 30.9 Å². The van der Waals surface area contributed by atoms with Crippen molar-refractivity contribution in [2.45, 2.75) is 45.2 Å². The van der Waals surface area contributed by atoms with Crippen LogP contribution in [0.3, 0.4) is 0 Å². The Labute approximate surface area is 155 Å². The zero-order valence-electron chi connectivity index (χ0n) is 15.2. The Hall–Kier alpha value is -2.36. The molecule has 1 amide bonds. The van der Waals surface area contributed by atoms with Crippen LogP contribution in [0.25, 0.3) is 0 Å². The van der Waals surface area contributed by atoms with E-state index in [1.807, 2.05) is 23.2 Å². The van der Waals surface area contributed by atoms with Gasteiger partial charge in [-0.15, -0.1) is 6.58 Å². The average Bonchev–Trinajstić information content (AvgIpc) is 3.10. The zero-order chi connectivity index (χ0) is 18.4. The van der Waals surface area contributed by atoms with Crippen LogP contribution in [0.4, 0.5) is 4.39 Å². The topological polar surface area (TPSA) is 25.2 Å². The maximum Gasteiger partial charge on any atom is 0.226 e. The molecule has 1 fully saturated rings. The first-order valence-electron chi connectivity index (χ1n) is 9.45. The number of nitrogens with zero attached hydrogens (tertiary/aromatic N) is 2. The largest absolute Gasteiger partial charge is 0.345 e. The number of carbonyl (C=O) groups excluding carboxylic acids is 1. The Balaban J connectivity index is 1.71. The van der Waals surface area contributed by atoms with Crippen molar-refractivity contribution in [1.82, 2.24) is 9.47 Å². The van der Waals surface area contributed by atoms with Crippen LogP contribution in [-0.2, 0) is 17.9 Å². The summed E-state index contributed by atoms with van der Waals surface area (Å²) in [5, 5.41) is 0. The Morgan fingerprint density at radius 1 is 1.19 bits per heavy atom. The van der Waals surface area contributed by atoms with Gasteiger partial charge in [0.05, 0.1) is 6.54 Å². The Bertz CT molecular complexity index is 729. The van der Waals surface area contributed by atoms with E-state index in [0.29, 0.717) is 19.6 Å². The molecule has 0 aliphatic heterocycles. The molecule has 1 saturated carbocycles. The molecule has 4 heteroatoms. The number of rotatable bonds is 7. The van der Waals surface area contributed by atoms with Crippen molar-refractivity contribution in [3.8, 4) is 0 Å². The van der Waals surface area contributed by atoms with Gasteiger partial charge < -0.3 is 9.47 Å². The molecule has 3 nitrogen and oxygen atoms in total. The van der Waals surface area contributed by atoms with Gasteiger partial charge in [-0.1, -0.05) is 37.5 Å². The summed E-state index contributed by atoms with van der Waals surface area (Å²) in [6.07, 6.45) is 9.36. The van der Waals surface area contributed by atoms with Crippen LogP contribution in [0.15, 0.2) is 55.3 Å². The molecule has 1 aliphatic rings. The van der Waals surface area contributed by atoms with Crippen LogP contribution < -0.4 is 0 Å². The molecule has 0 spiro atoms. The van der Waals surface area contributed by atoms with E-state index in [0.717, 1.165) is 36.9 Å². The van der Waals surface area contributed by atoms with E-state index in [2.05, 4.69) is 11.1 Å². The number of benzene rings is 1. The first-order valence-corrected chi connectivity index (χ1v) is 9.45. The Kier molecular flexibility index (Phi) is 6.26. The van der Waals surface area contributed by atoms with Crippen molar-refractivity contribution in [2.24, 2.45) is 5.92 Å². The summed E-state index contributed by atoms with van der Waals surface area (Å²) in [6.45, 7) is 5.63. The maximum absolute atomic E-state index is 13.1. The molecule has 26 heavy (non-hydrogen) atoms. The van der Waals surface area contributed by atoms with E-state index < -0.39 is 0 Å². The van der Waals surface area contributed by atoms with Crippen LogP contribution in [0.2, 0.25) is 0 Å². The van der Waals surface area contributed by atoms with Crippen molar-refractivity contribution in [1.29, 1.82) is 0 Å².